The van der Waals surface area contributed by atoms with Crippen LogP contribution in [0.4, 0.5) is 5.69 Å². The number of amides is 2. The molecule has 1 aromatic rings. The van der Waals surface area contributed by atoms with E-state index in [1.165, 1.54) is 0 Å². The minimum absolute atomic E-state index is 0.0449. The van der Waals surface area contributed by atoms with Gasteiger partial charge in [0.05, 0.1) is 6.10 Å². The first-order valence-electron chi connectivity index (χ1n) is 6.89. The molecule has 0 radical (unpaired) electrons. The fourth-order valence-corrected chi connectivity index (χ4v) is 1.98. The van der Waals surface area contributed by atoms with Gasteiger partial charge in [-0.25, -0.2) is 0 Å². The van der Waals surface area contributed by atoms with Crippen molar-refractivity contribution in [3.63, 3.8) is 0 Å². The van der Waals surface area contributed by atoms with Crippen LogP contribution in [0.3, 0.4) is 0 Å². The molecular formula is C15H20N2O3. The normalized spacial score (nSPS) is 16.4. The zero-order valence-electron chi connectivity index (χ0n) is 11.8. The van der Waals surface area contributed by atoms with E-state index in [9.17, 15) is 14.7 Å². The van der Waals surface area contributed by atoms with Gasteiger partial charge in [0.25, 0.3) is 5.91 Å². The van der Waals surface area contributed by atoms with Gasteiger partial charge >= 0.3 is 0 Å². The zero-order chi connectivity index (χ0) is 14.7. The van der Waals surface area contributed by atoms with E-state index in [1.54, 1.807) is 29.2 Å². The van der Waals surface area contributed by atoms with Crippen LogP contribution in [0.2, 0.25) is 0 Å². The standard InChI is InChI=1S/C15H20N2O3/c1-3-10(2)14(19)16-12-6-4-5-11(7-12)15(20)17-8-13(18)9-17/h4-7,10,13,18H,3,8-9H2,1-2H3,(H,16,19). The molecule has 1 saturated heterocycles. The summed E-state index contributed by atoms with van der Waals surface area (Å²) in [5.41, 5.74) is 1.15. The van der Waals surface area contributed by atoms with Crippen LogP contribution in [0.5, 0.6) is 0 Å². The molecule has 108 valence electrons. The molecule has 5 nitrogen and oxygen atoms in total. The lowest BCUT2D eigenvalue weighted by atomic mass is 10.1. The first-order valence-corrected chi connectivity index (χ1v) is 6.89. The lowest BCUT2D eigenvalue weighted by Crippen LogP contribution is -2.53. The van der Waals surface area contributed by atoms with Crippen molar-refractivity contribution in [3.8, 4) is 0 Å². The quantitative estimate of drug-likeness (QED) is 0.875. The second-order valence-electron chi connectivity index (χ2n) is 5.24. The molecule has 1 fully saturated rings. The van der Waals surface area contributed by atoms with Gasteiger partial charge in [-0.05, 0) is 24.6 Å². The van der Waals surface area contributed by atoms with Crippen LogP contribution in [0.1, 0.15) is 30.6 Å². The number of anilines is 1. The molecular weight excluding hydrogens is 256 g/mol. The van der Waals surface area contributed by atoms with E-state index in [-0.39, 0.29) is 17.7 Å². The number of benzene rings is 1. The number of likely N-dealkylation sites (tertiary alicyclic amines) is 1. The Morgan fingerprint density at radius 3 is 2.75 bits per heavy atom. The van der Waals surface area contributed by atoms with Gasteiger partial charge in [-0.1, -0.05) is 19.9 Å². The molecule has 20 heavy (non-hydrogen) atoms. The maximum absolute atomic E-state index is 12.1. The van der Waals surface area contributed by atoms with Crippen molar-refractivity contribution in [2.24, 2.45) is 5.92 Å². The highest BCUT2D eigenvalue weighted by molar-refractivity contribution is 5.98. The summed E-state index contributed by atoms with van der Waals surface area (Å²) in [6, 6.07) is 6.90. The smallest absolute Gasteiger partial charge is 0.254 e. The highest BCUT2D eigenvalue weighted by atomic mass is 16.3. The Kier molecular flexibility index (Phi) is 4.39. The summed E-state index contributed by atoms with van der Waals surface area (Å²) in [6.07, 6.45) is 0.364. The Balaban J connectivity index is 2.04. The van der Waals surface area contributed by atoms with Crippen molar-refractivity contribution in [2.75, 3.05) is 18.4 Å². The Hall–Kier alpha value is -1.88. The molecule has 0 saturated carbocycles. The Morgan fingerprint density at radius 1 is 1.45 bits per heavy atom. The summed E-state index contributed by atoms with van der Waals surface area (Å²) >= 11 is 0. The van der Waals surface area contributed by atoms with Crippen molar-refractivity contribution < 1.29 is 14.7 Å². The summed E-state index contributed by atoms with van der Waals surface area (Å²) in [7, 11) is 0. The zero-order valence-corrected chi connectivity index (χ0v) is 11.8. The van der Waals surface area contributed by atoms with Crippen molar-refractivity contribution in [3.05, 3.63) is 29.8 Å². The van der Waals surface area contributed by atoms with Gasteiger partial charge < -0.3 is 15.3 Å². The summed E-state index contributed by atoms with van der Waals surface area (Å²) in [6.45, 7) is 4.58. The number of hydrogen-bond donors (Lipinski definition) is 2. The van der Waals surface area contributed by atoms with Gasteiger partial charge in [-0.15, -0.1) is 0 Å². The second kappa shape index (κ2) is 6.05. The highest BCUT2D eigenvalue weighted by Gasteiger charge is 2.29. The van der Waals surface area contributed by atoms with Crippen LogP contribution in [-0.4, -0.2) is 41.0 Å². The van der Waals surface area contributed by atoms with Gasteiger partial charge in [0.2, 0.25) is 5.91 Å². The molecule has 1 unspecified atom stereocenters. The molecule has 0 bridgehead atoms. The molecule has 5 heteroatoms. The van der Waals surface area contributed by atoms with E-state index in [0.29, 0.717) is 24.3 Å². The number of aliphatic hydroxyl groups is 1. The molecule has 2 amide bonds. The van der Waals surface area contributed by atoms with Crippen molar-refractivity contribution in [1.29, 1.82) is 0 Å². The molecule has 2 rings (SSSR count). The van der Waals surface area contributed by atoms with Crippen LogP contribution in [0, 0.1) is 5.92 Å². The maximum atomic E-state index is 12.1. The molecule has 0 aliphatic carbocycles. The van der Waals surface area contributed by atoms with Crippen LogP contribution in [0.15, 0.2) is 24.3 Å². The summed E-state index contributed by atoms with van der Waals surface area (Å²) in [5.74, 6) is -0.216. The largest absolute Gasteiger partial charge is 0.389 e. The number of hydrogen-bond acceptors (Lipinski definition) is 3. The Labute approximate surface area is 118 Å². The number of aliphatic hydroxyl groups excluding tert-OH is 1. The van der Waals surface area contributed by atoms with E-state index >= 15 is 0 Å². The Morgan fingerprint density at radius 2 is 2.15 bits per heavy atom. The van der Waals surface area contributed by atoms with Crippen LogP contribution in [-0.2, 0) is 4.79 Å². The van der Waals surface area contributed by atoms with Gasteiger partial charge in [-0.3, -0.25) is 9.59 Å². The van der Waals surface area contributed by atoms with E-state index in [4.69, 9.17) is 0 Å². The average Bonchev–Trinajstić information content (AvgIpc) is 2.42. The number of β-amino-alcohol motifs (C(OH)–C–C–N with tert-alkyl or cyclic N) is 1. The first kappa shape index (κ1) is 14.5. The third-order valence-corrected chi connectivity index (χ3v) is 3.59. The summed E-state index contributed by atoms with van der Waals surface area (Å²) in [5, 5.41) is 12.0. The highest BCUT2D eigenvalue weighted by Crippen LogP contribution is 2.17. The number of carbonyl (C=O) groups excluding carboxylic acids is 2. The number of nitrogens with zero attached hydrogens (tertiary/aromatic N) is 1. The maximum Gasteiger partial charge on any atom is 0.254 e. The third kappa shape index (κ3) is 3.17. The summed E-state index contributed by atoms with van der Waals surface area (Å²) < 4.78 is 0. The number of rotatable bonds is 4. The van der Waals surface area contributed by atoms with Crippen LogP contribution in [0.25, 0.3) is 0 Å². The van der Waals surface area contributed by atoms with Crippen molar-refractivity contribution >= 4 is 17.5 Å². The molecule has 0 aromatic heterocycles. The fraction of sp³-hybridized carbons (Fsp3) is 0.467. The molecule has 1 heterocycles. The molecule has 1 aliphatic rings. The molecule has 1 aliphatic heterocycles. The second-order valence-corrected chi connectivity index (χ2v) is 5.24. The predicted octanol–water partition coefficient (Wildman–Crippen LogP) is 1.49. The molecule has 1 atom stereocenters. The Bertz CT molecular complexity index is 510. The number of carbonyl (C=O) groups is 2. The third-order valence-electron chi connectivity index (χ3n) is 3.59. The minimum Gasteiger partial charge on any atom is -0.389 e. The van der Waals surface area contributed by atoms with E-state index in [0.717, 1.165) is 6.42 Å². The van der Waals surface area contributed by atoms with E-state index < -0.39 is 6.10 Å². The van der Waals surface area contributed by atoms with Gasteiger partial charge in [0, 0.05) is 30.3 Å². The van der Waals surface area contributed by atoms with Crippen molar-refractivity contribution in [2.45, 2.75) is 26.4 Å². The van der Waals surface area contributed by atoms with Crippen LogP contribution >= 0.6 is 0 Å². The first-order chi connectivity index (χ1) is 9.51. The van der Waals surface area contributed by atoms with E-state index in [2.05, 4.69) is 5.32 Å². The fourth-order valence-electron chi connectivity index (χ4n) is 1.98. The predicted molar refractivity (Wildman–Crippen MR) is 76.4 cm³/mol. The number of nitrogens with one attached hydrogen (secondary N) is 1. The monoisotopic (exact) mass is 276 g/mol. The lowest BCUT2D eigenvalue weighted by Gasteiger charge is -2.35. The summed E-state index contributed by atoms with van der Waals surface area (Å²) in [4.78, 5) is 25.5. The molecule has 0 spiro atoms. The van der Waals surface area contributed by atoms with Gasteiger partial charge in [0.1, 0.15) is 0 Å². The van der Waals surface area contributed by atoms with Crippen molar-refractivity contribution in [1.82, 2.24) is 4.90 Å². The average molecular weight is 276 g/mol. The SMILES string of the molecule is CCC(C)C(=O)Nc1cccc(C(=O)N2CC(O)C2)c1. The van der Waals surface area contributed by atoms with E-state index in [1.807, 2.05) is 13.8 Å². The molecule has 1 aromatic carbocycles. The minimum atomic E-state index is -0.410. The lowest BCUT2D eigenvalue weighted by molar-refractivity contribution is -0.119. The van der Waals surface area contributed by atoms with Gasteiger partial charge in [-0.2, -0.15) is 0 Å². The topological polar surface area (TPSA) is 69.6 Å². The molecule has 2 N–H and O–H groups in total. The van der Waals surface area contributed by atoms with Gasteiger partial charge in [0.15, 0.2) is 0 Å². The van der Waals surface area contributed by atoms with Crippen LogP contribution < -0.4 is 5.32 Å².